The maximum Gasteiger partial charge on any atom is 0.251 e. The van der Waals surface area contributed by atoms with E-state index in [1.807, 2.05) is 33.8 Å². The molecule has 2 amide bonds. The molecule has 1 N–H and O–H groups in total. The zero-order valence-electron chi connectivity index (χ0n) is 16.6. The van der Waals surface area contributed by atoms with E-state index in [0.717, 1.165) is 4.47 Å². The maximum atomic E-state index is 13.1. The van der Waals surface area contributed by atoms with Crippen molar-refractivity contribution in [3.05, 3.63) is 52.6 Å². The Labute approximate surface area is 174 Å². The number of benzene rings is 1. The summed E-state index contributed by atoms with van der Waals surface area (Å²) < 4.78 is 6.24. The minimum absolute atomic E-state index is 0.0800. The van der Waals surface area contributed by atoms with Crippen LogP contribution in [0, 0.1) is 5.92 Å². The Balaban J connectivity index is 2.17. The number of carbonyl (C=O) groups is 2. The summed E-state index contributed by atoms with van der Waals surface area (Å²) in [5.41, 5.74) is 0.478. The molecule has 28 heavy (non-hydrogen) atoms. The first kappa shape index (κ1) is 21.9. The van der Waals surface area contributed by atoms with Crippen LogP contribution in [-0.4, -0.2) is 36.0 Å². The van der Waals surface area contributed by atoms with E-state index in [9.17, 15) is 9.59 Å². The molecular formula is C21H26BrN3O3. The molecule has 1 atom stereocenters. The van der Waals surface area contributed by atoms with Gasteiger partial charge >= 0.3 is 0 Å². The normalized spacial score (nSPS) is 11.8. The maximum absolute atomic E-state index is 13.1. The number of nitrogens with zero attached hydrogens (tertiary/aromatic N) is 2. The average Bonchev–Trinajstić information content (AvgIpc) is 2.68. The molecule has 2 aromatic rings. The third-order valence-corrected chi connectivity index (χ3v) is 4.69. The number of anilines is 1. The highest BCUT2D eigenvalue weighted by molar-refractivity contribution is 9.10. The largest absolute Gasteiger partial charge is 0.494 e. The molecule has 0 aliphatic heterocycles. The van der Waals surface area contributed by atoms with Crippen LogP contribution in [0.25, 0.3) is 0 Å². The number of ether oxygens (including phenoxy) is 1. The Morgan fingerprint density at radius 1 is 1.14 bits per heavy atom. The summed E-state index contributed by atoms with van der Waals surface area (Å²) in [7, 11) is 0. The third kappa shape index (κ3) is 5.55. The van der Waals surface area contributed by atoms with Crippen LogP contribution in [0.5, 0.6) is 5.75 Å². The van der Waals surface area contributed by atoms with Crippen LogP contribution in [0.15, 0.2) is 47.1 Å². The van der Waals surface area contributed by atoms with Crippen molar-refractivity contribution in [1.82, 2.24) is 10.3 Å². The van der Waals surface area contributed by atoms with Crippen molar-refractivity contribution in [1.29, 1.82) is 0 Å². The molecular weight excluding hydrogens is 422 g/mol. The van der Waals surface area contributed by atoms with Gasteiger partial charge in [0.2, 0.25) is 0 Å². The summed E-state index contributed by atoms with van der Waals surface area (Å²) in [5, 5.41) is 2.87. The molecule has 0 spiro atoms. The quantitative estimate of drug-likeness (QED) is 0.662. The minimum atomic E-state index is -0.663. The van der Waals surface area contributed by atoms with Crippen LogP contribution in [-0.2, 0) is 4.79 Å². The Bertz CT molecular complexity index is 792. The number of carbonyl (C=O) groups excluding carboxylic acids is 2. The first-order chi connectivity index (χ1) is 13.4. The van der Waals surface area contributed by atoms with E-state index in [-0.39, 0.29) is 17.7 Å². The Kier molecular flexibility index (Phi) is 7.99. The lowest BCUT2D eigenvalue weighted by molar-refractivity contribution is -0.121. The number of hydrogen-bond donors (Lipinski definition) is 1. The second-order valence-electron chi connectivity index (χ2n) is 6.57. The second kappa shape index (κ2) is 10.2. The summed E-state index contributed by atoms with van der Waals surface area (Å²) in [6, 6.07) is 9.82. The smallest absolute Gasteiger partial charge is 0.251 e. The SMILES string of the molecule is CCOc1ccc(C(=O)NC(C(=O)N(CC)c2ccc(Br)cn2)C(C)C)cc1. The first-order valence-electron chi connectivity index (χ1n) is 9.34. The van der Waals surface area contributed by atoms with Crippen LogP contribution < -0.4 is 15.0 Å². The van der Waals surface area contributed by atoms with Gasteiger partial charge in [-0.2, -0.15) is 0 Å². The summed E-state index contributed by atoms with van der Waals surface area (Å²) in [6.07, 6.45) is 1.65. The number of halogens is 1. The van der Waals surface area contributed by atoms with Crippen LogP contribution in [0.2, 0.25) is 0 Å². The average molecular weight is 448 g/mol. The van der Waals surface area contributed by atoms with Crippen molar-refractivity contribution in [3.8, 4) is 5.75 Å². The molecule has 0 saturated carbocycles. The Hall–Kier alpha value is -2.41. The molecule has 0 aliphatic rings. The Morgan fingerprint density at radius 3 is 2.32 bits per heavy atom. The fourth-order valence-corrected chi connectivity index (χ4v) is 2.97. The van der Waals surface area contributed by atoms with Crippen LogP contribution in [0.4, 0.5) is 5.82 Å². The molecule has 1 heterocycles. The van der Waals surface area contributed by atoms with E-state index in [2.05, 4.69) is 26.2 Å². The van der Waals surface area contributed by atoms with Gasteiger partial charge in [-0.1, -0.05) is 13.8 Å². The molecule has 6 nitrogen and oxygen atoms in total. The fourth-order valence-electron chi connectivity index (χ4n) is 2.73. The van der Waals surface area contributed by atoms with Gasteiger partial charge in [-0.15, -0.1) is 0 Å². The number of nitrogens with one attached hydrogen (secondary N) is 1. The number of rotatable bonds is 8. The van der Waals surface area contributed by atoms with Crippen LogP contribution >= 0.6 is 15.9 Å². The zero-order chi connectivity index (χ0) is 20.7. The molecule has 0 bridgehead atoms. The molecule has 0 fully saturated rings. The molecule has 1 aromatic heterocycles. The molecule has 7 heteroatoms. The van der Waals surface area contributed by atoms with Crippen molar-refractivity contribution < 1.29 is 14.3 Å². The summed E-state index contributed by atoms with van der Waals surface area (Å²) in [4.78, 5) is 31.7. The zero-order valence-corrected chi connectivity index (χ0v) is 18.2. The number of amides is 2. The summed E-state index contributed by atoms with van der Waals surface area (Å²) in [5.74, 6) is 0.691. The number of hydrogen-bond acceptors (Lipinski definition) is 4. The molecule has 1 aromatic carbocycles. The fraction of sp³-hybridized carbons (Fsp3) is 0.381. The van der Waals surface area contributed by atoms with E-state index < -0.39 is 6.04 Å². The highest BCUT2D eigenvalue weighted by atomic mass is 79.9. The van der Waals surface area contributed by atoms with Gasteiger partial charge in [0, 0.05) is 22.8 Å². The van der Waals surface area contributed by atoms with Crippen molar-refractivity contribution >= 4 is 33.6 Å². The lowest BCUT2D eigenvalue weighted by Crippen LogP contribution is -2.51. The first-order valence-corrected chi connectivity index (χ1v) is 10.1. The van der Waals surface area contributed by atoms with Crippen molar-refractivity contribution in [3.63, 3.8) is 0 Å². The van der Waals surface area contributed by atoms with E-state index >= 15 is 0 Å². The van der Waals surface area contributed by atoms with Gasteiger partial charge < -0.3 is 10.1 Å². The van der Waals surface area contributed by atoms with Gasteiger partial charge in [0.25, 0.3) is 11.8 Å². The second-order valence-corrected chi connectivity index (χ2v) is 7.49. The highest BCUT2D eigenvalue weighted by Gasteiger charge is 2.29. The molecule has 1 unspecified atom stereocenters. The highest BCUT2D eigenvalue weighted by Crippen LogP contribution is 2.18. The molecule has 0 radical (unpaired) electrons. The minimum Gasteiger partial charge on any atom is -0.494 e. The molecule has 150 valence electrons. The van der Waals surface area contributed by atoms with Crippen molar-refractivity contribution in [2.45, 2.75) is 33.7 Å². The molecule has 0 saturated heterocycles. The van der Waals surface area contributed by atoms with Crippen LogP contribution in [0.3, 0.4) is 0 Å². The standard InChI is InChI=1S/C21H26BrN3O3/c1-5-25(18-12-9-16(22)13-23-18)21(27)19(14(3)4)24-20(26)15-7-10-17(11-8-15)28-6-2/h7-14,19H,5-6H2,1-4H3,(H,24,26). The topological polar surface area (TPSA) is 71.5 Å². The molecule has 0 aliphatic carbocycles. The van der Waals surface area contributed by atoms with E-state index in [1.54, 1.807) is 41.4 Å². The van der Waals surface area contributed by atoms with Gasteiger partial charge in [-0.3, -0.25) is 14.5 Å². The summed E-state index contributed by atoms with van der Waals surface area (Å²) >= 11 is 3.35. The lowest BCUT2D eigenvalue weighted by atomic mass is 10.0. The lowest BCUT2D eigenvalue weighted by Gasteiger charge is -2.28. The Morgan fingerprint density at radius 2 is 1.82 bits per heavy atom. The van der Waals surface area contributed by atoms with Crippen molar-refractivity contribution in [2.75, 3.05) is 18.1 Å². The van der Waals surface area contributed by atoms with Crippen LogP contribution in [0.1, 0.15) is 38.1 Å². The number of pyridine rings is 1. The van der Waals surface area contributed by atoms with E-state index in [4.69, 9.17) is 4.74 Å². The van der Waals surface area contributed by atoms with Gasteiger partial charge in [0.1, 0.15) is 17.6 Å². The predicted molar refractivity (Wildman–Crippen MR) is 114 cm³/mol. The monoisotopic (exact) mass is 447 g/mol. The van der Waals surface area contributed by atoms with Gasteiger partial charge in [0.05, 0.1) is 6.61 Å². The van der Waals surface area contributed by atoms with Gasteiger partial charge in [-0.05, 0) is 72.1 Å². The number of aromatic nitrogens is 1. The third-order valence-electron chi connectivity index (χ3n) is 4.22. The number of likely N-dealkylation sites (N-methyl/N-ethyl adjacent to an activating group) is 1. The van der Waals surface area contributed by atoms with Crippen molar-refractivity contribution in [2.24, 2.45) is 5.92 Å². The summed E-state index contributed by atoms with van der Waals surface area (Å²) in [6.45, 7) is 8.61. The molecule has 2 rings (SSSR count). The predicted octanol–water partition coefficient (Wildman–Crippen LogP) is 4.05. The van der Waals surface area contributed by atoms with E-state index in [0.29, 0.717) is 30.3 Å². The van der Waals surface area contributed by atoms with Gasteiger partial charge in [-0.25, -0.2) is 4.98 Å². The van der Waals surface area contributed by atoms with Gasteiger partial charge in [0.15, 0.2) is 0 Å². The van der Waals surface area contributed by atoms with E-state index in [1.165, 1.54) is 0 Å².